The van der Waals surface area contributed by atoms with Crippen LogP contribution in [0.4, 0.5) is 0 Å². The molecular formula is C9H7N3O2S. The van der Waals surface area contributed by atoms with Gasteiger partial charge in [-0.25, -0.2) is 18.4 Å². The molecule has 0 aliphatic heterocycles. The van der Waals surface area contributed by atoms with E-state index < -0.39 is 9.84 Å². The summed E-state index contributed by atoms with van der Waals surface area (Å²) in [6, 6.07) is 2.94. The van der Waals surface area contributed by atoms with Crippen molar-refractivity contribution in [3.05, 3.63) is 36.5 Å². The van der Waals surface area contributed by atoms with E-state index in [0.717, 1.165) is 5.41 Å². The van der Waals surface area contributed by atoms with Crippen LogP contribution in [0.25, 0.3) is 11.2 Å². The van der Waals surface area contributed by atoms with Crippen LogP contribution >= 0.6 is 0 Å². The summed E-state index contributed by atoms with van der Waals surface area (Å²) in [4.78, 5) is 11.8. The second-order valence-corrected chi connectivity index (χ2v) is 4.60. The minimum Gasteiger partial charge on any atom is -0.251 e. The van der Waals surface area contributed by atoms with Gasteiger partial charge in [0.1, 0.15) is 5.52 Å². The van der Waals surface area contributed by atoms with E-state index in [-0.39, 0.29) is 5.03 Å². The summed E-state index contributed by atoms with van der Waals surface area (Å²) in [6.07, 6.45) is 2.98. The lowest BCUT2D eigenvalue weighted by Gasteiger charge is -1.98. The van der Waals surface area contributed by atoms with E-state index in [2.05, 4.69) is 21.5 Å². The summed E-state index contributed by atoms with van der Waals surface area (Å²) >= 11 is 0. The average molecular weight is 221 g/mol. The number of pyridine rings is 1. The van der Waals surface area contributed by atoms with Crippen LogP contribution in [0, 0.1) is 0 Å². The lowest BCUT2D eigenvalue weighted by molar-refractivity contribution is 0.601. The number of hydrogen-bond donors (Lipinski definition) is 0. The van der Waals surface area contributed by atoms with Gasteiger partial charge in [0.2, 0.25) is 9.84 Å². The monoisotopic (exact) mass is 221 g/mol. The van der Waals surface area contributed by atoms with Gasteiger partial charge < -0.3 is 0 Å². The molecule has 15 heavy (non-hydrogen) atoms. The van der Waals surface area contributed by atoms with E-state index in [1.807, 2.05) is 0 Å². The van der Waals surface area contributed by atoms with Crippen LogP contribution in [0.3, 0.4) is 0 Å². The van der Waals surface area contributed by atoms with Crippen LogP contribution in [-0.2, 0) is 9.84 Å². The predicted molar refractivity (Wildman–Crippen MR) is 54.7 cm³/mol. The number of rotatable bonds is 2. The highest BCUT2D eigenvalue weighted by Crippen LogP contribution is 2.12. The minimum atomic E-state index is -3.50. The Kier molecular flexibility index (Phi) is 2.20. The Bertz CT molecular complexity index is 622. The molecule has 6 heteroatoms. The van der Waals surface area contributed by atoms with Crippen molar-refractivity contribution in [3.8, 4) is 0 Å². The lowest BCUT2D eigenvalue weighted by atomic mass is 10.4. The highest BCUT2D eigenvalue weighted by molar-refractivity contribution is 7.94. The molecule has 76 valence electrons. The Morgan fingerprint density at radius 3 is 2.67 bits per heavy atom. The molecule has 0 radical (unpaired) electrons. The van der Waals surface area contributed by atoms with Crippen LogP contribution < -0.4 is 0 Å². The predicted octanol–water partition coefficient (Wildman–Crippen LogP) is 0.942. The molecular weight excluding hydrogens is 214 g/mol. The summed E-state index contributed by atoms with van der Waals surface area (Å²) < 4.78 is 22.8. The summed E-state index contributed by atoms with van der Waals surface area (Å²) in [7, 11) is -3.50. The standard InChI is InChI=1S/C9H7N3O2S/c1-2-15(13,14)8-4-3-7-9(12-8)11-6-5-10-7/h2-6H,1H2. The Morgan fingerprint density at radius 2 is 1.93 bits per heavy atom. The van der Waals surface area contributed by atoms with Crippen molar-refractivity contribution in [1.82, 2.24) is 15.0 Å². The SMILES string of the molecule is C=CS(=O)(=O)c1ccc2nccnc2n1. The molecule has 2 heterocycles. The van der Waals surface area contributed by atoms with Gasteiger partial charge in [-0.3, -0.25) is 4.98 Å². The maximum atomic E-state index is 11.4. The van der Waals surface area contributed by atoms with Gasteiger partial charge in [0.05, 0.1) is 0 Å². The molecule has 2 aromatic heterocycles. The molecule has 0 saturated carbocycles. The number of hydrogen-bond acceptors (Lipinski definition) is 5. The second-order valence-electron chi connectivity index (χ2n) is 2.76. The third-order valence-electron chi connectivity index (χ3n) is 1.82. The third kappa shape index (κ3) is 1.71. The van der Waals surface area contributed by atoms with E-state index >= 15 is 0 Å². The molecule has 0 bridgehead atoms. The fourth-order valence-corrected chi connectivity index (χ4v) is 1.72. The summed E-state index contributed by atoms with van der Waals surface area (Å²) in [5, 5.41) is 0.794. The molecule has 0 spiro atoms. The largest absolute Gasteiger partial charge is 0.251 e. The fraction of sp³-hybridized carbons (Fsp3) is 0. The second kappa shape index (κ2) is 3.39. The van der Waals surface area contributed by atoms with E-state index in [0.29, 0.717) is 11.2 Å². The average Bonchev–Trinajstić information content (AvgIpc) is 2.28. The zero-order chi connectivity index (χ0) is 10.9. The first-order valence-corrected chi connectivity index (χ1v) is 5.63. The molecule has 2 aromatic rings. The molecule has 5 nitrogen and oxygen atoms in total. The third-order valence-corrected chi connectivity index (χ3v) is 3.07. The van der Waals surface area contributed by atoms with Gasteiger partial charge in [0.25, 0.3) is 0 Å². The van der Waals surface area contributed by atoms with Crippen molar-refractivity contribution in [2.45, 2.75) is 5.03 Å². The van der Waals surface area contributed by atoms with Gasteiger partial charge in [0, 0.05) is 17.8 Å². The first-order chi connectivity index (χ1) is 7.13. The highest BCUT2D eigenvalue weighted by Gasteiger charge is 2.11. The first-order valence-electron chi connectivity index (χ1n) is 4.09. The molecule has 2 rings (SSSR count). The van der Waals surface area contributed by atoms with Crippen molar-refractivity contribution in [2.24, 2.45) is 0 Å². The number of aromatic nitrogens is 3. The van der Waals surface area contributed by atoms with Crippen molar-refractivity contribution in [3.63, 3.8) is 0 Å². The van der Waals surface area contributed by atoms with Gasteiger partial charge in [0.15, 0.2) is 10.7 Å². The maximum Gasteiger partial charge on any atom is 0.216 e. The molecule has 0 N–H and O–H groups in total. The van der Waals surface area contributed by atoms with Crippen LogP contribution in [0.2, 0.25) is 0 Å². The zero-order valence-corrected chi connectivity index (χ0v) is 8.48. The van der Waals surface area contributed by atoms with E-state index in [1.165, 1.54) is 18.5 Å². The topological polar surface area (TPSA) is 72.8 Å². The number of nitrogens with zero attached hydrogens (tertiary/aromatic N) is 3. The number of fused-ring (bicyclic) bond motifs is 1. The van der Waals surface area contributed by atoms with Crippen molar-refractivity contribution < 1.29 is 8.42 Å². The minimum absolute atomic E-state index is 0.0644. The molecule has 0 aromatic carbocycles. The smallest absolute Gasteiger partial charge is 0.216 e. The summed E-state index contributed by atoms with van der Waals surface area (Å²) in [5.41, 5.74) is 0.862. The zero-order valence-electron chi connectivity index (χ0n) is 7.66. The first kappa shape index (κ1) is 9.72. The molecule has 0 saturated heterocycles. The van der Waals surface area contributed by atoms with Crippen LogP contribution in [-0.4, -0.2) is 23.4 Å². The Balaban J connectivity index is 2.72. The van der Waals surface area contributed by atoms with Crippen LogP contribution in [0.1, 0.15) is 0 Å². The van der Waals surface area contributed by atoms with Gasteiger partial charge in [-0.1, -0.05) is 6.58 Å². The lowest BCUT2D eigenvalue weighted by Crippen LogP contribution is -2.00. The maximum absolute atomic E-state index is 11.4. The molecule has 0 unspecified atom stereocenters. The molecule has 0 fully saturated rings. The van der Waals surface area contributed by atoms with Crippen LogP contribution in [0.5, 0.6) is 0 Å². The molecule has 0 aliphatic rings. The molecule has 0 atom stereocenters. The van der Waals surface area contributed by atoms with Gasteiger partial charge in [-0.05, 0) is 12.1 Å². The highest BCUT2D eigenvalue weighted by atomic mass is 32.2. The molecule has 0 aliphatic carbocycles. The van der Waals surface area contributed by atoms with E-state index in [4.69, 9.17) is 0 Å². The van der Waals surface area contributed by atoms with Crippen LogP contribution in [0.15, 0.2) is 41.5 Å². The van der Waals surface area contributed by atoms with Gasteiger partial charge in [-0.2, -0.15) is 0 Å². The van der Waals surface area contributed by atoms with Gasteiger partial charge >= 0.3 is 0 Å². The Hall–Kier alpha value is -1.82. The van der Waals surface area contributed by atoms with Gasteiger partial charge in [-0.15, -0.1) is 0 Å². The van der Waals surface area contributed by atoms with Crippen molar-refractivity contribution in [1.29, 1.82) is 0 Å². The Morgan fingerprint density at radius 1 is 1.20 bits per heavy atom. The number of sulfone groups is 1. The quantitative estimate of drug-likeness (QED) is 0.754. The molecule has 0 amide bonds. The summed E-state index contributed by atoms with van der Waals surface area (Å²) in [5.74, 6) is 0. The summed E-state index contributed by atoms with van der Waals surface area (Å²) in [6.45, 7) is 3.22. The fourth-order valence-electron chi connectivity index (χ4n) is 1.08. The van der Waals surface area contributed by atoms with Crippen molar-refractivity contribution >= 4 is 21.0 Å². The van der Waals surface area contributed by atoms with E-state index in [9.17, 15) is 8.42 Å². The van der Waals surface area contributed by atoms with E-state index in [1.54, 1.807) is 6.07 Å². The van der Waals surface area contributed by atoms with Crippen molar-refractivity contribution in [2.75, 3.05) is 0 Å². The normalized spacial score (nSPS) is 11.5. The Labute approximate surface area is 86.4 Å².